The maximum Gasteiger partial charge on any atom is 0.264 e. The quantitative estimate of drug-likeness (QED) is 0.244. The number of carbonyl (C=O) groups is 2. The predicted octanol–water partition coefficient (Wildman–Crippen LogP) is 6.45. The molecule has 1 N–H and O–H groups in total. The first-order valence-electron chi connectivity index (χ1n) is 14.4. The van der Waals surface area contributed by atoms with Crippen molar-refractivity contribution in [1.29, 1.82) is 0 Å². The van der Waals surface area contributed by atoms with Crippen LogP contribution in [0.2, 0.25) is 10.0 Å². The maximum absolute atomic E-state index is 14.3. The minimum atomic E-state index is -4.19. The van der Waals surface area contributed by atoms with Crippen LogP contribution in [0.25, 0.3) is 0 Å². The fourth-order valence-electron chi connectivity index (χ4n) is 5.33. The van der Waals surface area contributed by atoms with Crippen molar-refractivity contribution in [2.45, 2.75) is 69.0 Å². The second-order valence-corrected chi connectivity index (χ2v) is 13.2. The lowest BCUT2D eigenvalue weighted by atomic mass is 9.95. The lowest BCUT2D eigenvalue weighted by molar-refractivity contribution is -0.140. The number of carbonyl (C=O) groups excluding carboxylic acids is 2. The number of hydrogen-bond acceptors (Lipinski definition) is 5. The van der Waals surface area contributed by atoms with Crippen LogP contribution in [0.3, 0.4) is 0 Å². The van der Waals surface area contributed by atoms with Gasteiger partial charge in [-0.3, -0.25) is 13.9 Å². The van der Waals surface area contributed by atoms with Gasteiger partial charge in [0.15, 0.2) is 0 Å². The highest BCUT2D eigenvalue weighted by atomic mass is 35.5. The summed E-state index contributed by atoms with van der Waals surface area (Å²) in [5, 5.41) is 3.81. The average molecular weight is 647 g/mol. The lowest BCUT2D eigenvalue weighted by Gasteiger charge is -2.34. The molecule has 1 aliphatic carbocycles. The Balaban J connectivity index is 1.74. The molecule has 1 aliphatic rings. The molecule has 0 spiro atoms. The van der Waals surface area contributed by atoms with Crippen molar-refractivity contribution in [2.24, 2.45) is 0 Å². The van der Waals surface area contributed by atoms with Gasteiger partial charge in [-0.1, -0.05) is 79.7 Å². The third-order valence-electron chi connectivity index (χ3n) is 7.68. The van der Waals surface area contributed by atoms with Gasteiger partial charge in [0, 0.05) is 34.3 Å². The van der Waals surface area contributed by atoms with Crippen molar-refractivity contribution in [2.75, 3.05) is 18.0 Å². The number of benzene rings is 3. The number of anilines is 1. The highest BCUT2D eigenvalue weighted by Crippen LogP contribution is 2.30. The van der Waals surface area contributed by atoms with E-state index in [1.807, 2.05) is 6.92 Å². The monoisotopic (exact) mass is 645 g/mol. The molecule has 0 heterocycles. The fourth-order valence-corrected chi connectivity index (χ4v) is 7.28. The summed E-state index contributed by atoms with van der Waals surface area (Å²) in [5.41, 5.74) is 0.717. The van der Waals surface area contributed by atoms with Gasteiger partial charge in [0.05, 0.1) is 17.7 Å². The number of sulfonamides is 1. The molecule has 1 fully saturated rings. The summed E-state index contributed by atoms with van der Waals surface area (Å²) in [7, 11) is -2.72. The van der Waals surface area contributed by atoms with Crippen molar-refractivity contribution < 1.29 is 22.7 Å². The van der Waals surface area contributed by atoms with E-state index in [4.69, 9.17) is 27.9 Å². The first-order chi connectivity index (χ1) is 20.6. The Bertz CT molecular complexity index is 1490. The van der Waals surface area contributed by atoms with E-state index in [-0.39, 0.29) is 29.1 Å². The number of rotatable bonds is 12. The first-order valence-corrected chi connectivity index (χ1v) is 16.6. The zero-order valence-electron chi connectivity index (χ0n) is 24.3. The predicted molar refractivity (Wildman–Crippen MR) is 170 cm³/mol. The van der Waals surface area contributed by atoms with E-state index in [1.165, 1.54) is 24.1 Å². The molecule has 11 heteroatoms. The standard InChI is InChI=1S/C32H37Cl2N3O5S/c1-3-30(32(39)35-23-12-6-4-7-13-23)36(21-27-28(33)18-11-19-29(27)34)31(38)22-37(24-14-10-15-25(20-24)42-2)43(40,41)26-16-8-5-9-17-26/h5,8-11,14-20,23,30H,3-4,6-7,12-13,21-22H2,1-2H3,(H,35,39). The molecule has 8 nitrogen and oxygen atoms in total. The minimum Gasteiger partial charge on any atom is -0.497 e. The Morgan fingerprint density at radius 1 is 0.953 bits per heavy atom. The minimum absolute atomic E-state index is 0.0217. The van der Waals surface area contributed by atoms with Gasteiger partial charge in [-0.2, -0.15) is 0 Å². The van der Waals surface area contributed by atoms with Crippen molar-refractivity contribution in [3.8, 4) is 5.75 Å². The van der Waals surface area contributed by atoms with Gasteiger partial charge in [-0.15, -0.1) is 0 Å². The van der Waals surface area contributed by atoms with Gasteiger partial charge in [-0.25, -0.2) is 8.42 Å². The van der Waals surface area contributed by atoms with E-state index >= 15 is 0 Å². The smallest absolute Gasteiger partial charge is 0.264 e. The number of ether oxygens (including phenoxy) is 1. The summed E-state index contributed by atoms with van der Waals surface area (Å²) >= 11 is 13.0. The molecular formula is C32H37Cl2N3O5S. The SMILES string of the molecule is CCC(C(=O)NC1CCCCC1)N(Cc1c(Cl)cccc1Cl)C(=O)CN(c1cccc(OC)c1)S(=O)(=O)c1ccccc1. The van der Waals surface area contributed by atoms with Crippen molar-refractivity contribution in [1.82, 2.24) is 10.2 Å². The average Bonchev–Trinajstić information content (AvgIpc) is 3.01. The Morgan fingerprint density at radius 2 is 1.60 bits per heavy atom. The number of nitrogens with one attached hydrogen (secondary N) is 1. The number of hydrogen-bond donors (Lipinski definition) is 1. The number of nitrogens with zero attached hydrogens (tertiary/aromatic N) is 2. The van der Waals surface area contributed by atoms with Gasteiger partial charge in [0.1, 0.15) is 18.3 Å². The molecule has 1 saturated carbocycles. The molecule has 3 aromatic rings. The third kappa shape index (κ3) is 8.02. The highest BCUT2D eigenvalue weighted by Gasteiger charge is 2.35. The zero-order valence-corrected chi connectivity index (χ0v) is 26.7. The van der Waals surface area contributed by atoms with E-state index in [2.05, 4.69) is 5.32 Å². The summed E-state index contributed by atoms with van der Waals surface area (Å²) in [6.07, 6.45) is 5.27. The van der Waals surface area contributed by atoms with E-state index in [1.54, 1.807) is 60.7 Å². The van der Waals surface area contributed by atoms with Gasteiger partial charge >= 0.3 is 0 Å². The zero-order chi connectivity index (χ0) is 31.0. The first kappa shape index (κ1) is 32.6. The van der Waals surface area contributed by atoms with Crippen LogP contribution in [0.15, 0.2) is 77.7 Å². The maximum atomic E-state index is 14.3. The summed E-state index contributed by atoms with van der Waals surface area (Å²) in [4.78, 5) is 29.4. The largest absolute Gasteiger partial charge is 0.497 e. The van der Waals surface area contributed by atoms with Gasteiger partial charge in [0.2, 0.25) is 11.8 Å². The fraction of sp³-hybridized carbons (Fsp3) is 0.375. The molecule has 0 aliphatic heterocycles. The van der Waals surface area contributed by atoms with Gasteiger partial charge in [0.25, 0.3) is 10.0 Å². The van der Waals surface area contributed by atoms with Crippen LogP contribution >= 0.6 is 23.2 Å². The molecule has 43 heavy (non-hydrogen) atoms. The molecule has 4 rings (SSSR count). The van der Waals surface area contributed by atoms with Crippen LogP contribution in [-0.2, 0) is 26.2 Å². The van der Waals surface area contributed by atoms with Crippen LogP contribution in [0.5, 0.6) is 5.75 Å². The second kappa shape index (κ2) is 14.9. The molecule has 3 aromatic carbocycles. The topological polar surface area (TPSA) is 96.0 Å². The van der Waals surface area contributed by atoms with Crippen molar-refractivity contribution >= 4 is 50.7 Å². The summed E-state index contributed by atoms with van der Waals surface area (Å²) in [5.74, 6) is -0.440. The number of amides is 2. The molecule has 1 atom stereocenters. The van der Waals surface area contributed by atoms with Crippen LogP contribution in [0.1, 0.15) is 51.0 Å². The van der Waals surface area contributed by atoms with Gasteiger partial charge < -0.3 is 15.0 Å². The highest BCUT2D eigenvalue weighted by molar-refractivity contribution is 7.92. The Morgan fingerprint density at radius 3 is 2.23 bits per heavy atom. The molecule has 0 bridgehead atoms. The van der Waals surface area contributed by atoms with Crippen molar-refractivity contribution in [3.63, 3.8) is 0 Å². The molecule has 0 saturated heterocycles. The molecule has 0 radical (unpaired) electrons. The Kier molecular flexibility index (Phi) is 11.3. The Hall–Kier alpha value is -3.27. The normalized spacial score (nSPS) is 14.5. The van der Waals surface area contributed by atoms with E-state index < -0.39 is 28.5 Å². The van der Waals surface area contributed by atoms with Crippen LogP contribution < -0.4 is 14.4 Å². The van der Waals surface area contributed by atoms with Gasteiger partial charge in [-0.05, 0) is 55.7 Å². The molecule has 2 amide bonds. The number of halogens is 2. The summed E-state index contributed by atoms with van der Waals surface area (Å²) in [6.45, 7) is 1.17. The van der Waals surface area contributed by atoms with Crippen molar-refractivity contribution in [3.05, 3.63) is 88.4 Å². The second-order valence-electron chi connectivity index (χ2n) is 10.5. The summed E-state index contributed by atoms with van der Waals surface area (Å²) < 4.78 is 34.4. The molecule has 0 aromatic heterocycles. The summed E-state index contributed by atoms with van der Waals surface area (Å²) in [6, 6.07) is 18.6. The molecule has 1 unspecified atom stereocenters. The third-order valence-corrected chi connectivity index (χ3v) is 10.2. The van der Waals surface area contributed by atoms with E-state index in [0.29, 0.717) is 27.8 Å². The number of methoxy groups -OCH3 is 1. The molecular weight excluding hydrogens is 609 g/mol. The van der Waals surface area contributed by atoms with E-state index in [0.717, 1.165) is 36.4 Å². The van der Waals surface area contributed by atoms with E-state index in [9.17, 15) is 18.0 Å². The molecule has 230 valence electrons. The lowest BCUT2D eigenvalue weighted by Crippen LogP contribution is -2.54. The Labute approximate surface area is 264 Å². The van der Waals surface area contributed by atoms with Crippen LogP contribution in [0.4, 0.5) is 5.69 Å². The van der Waals surface area contributed by atoms with Crippen LogP contribution in [-0.4, -0.2) is 50.9 Å². The van der Waals surface area contributed by atoms with Crippen LogP contribution in [0, 0.1) is 0 Å².